The minimum Gasteiger partial charge on any atom is -0.309 e. The molecule has 1 aromatic heterocycles. The van der Waals surface area contributed by atoms with Crippen molar-refractivity contribution in [1.82, 2.24) is 4.57 Å². The highest BCUT2D eigenvalue weighted by atomic mass is 28.3. The van der Waals surface area contributed by atoms with E-state index in [1.807, 2.05) is 0 Å². The van der Waals surface area contributed by atoms with Crippen molar-refractivity contribution in [1.29, 1.82) is 0 Å². The number of nitrogens with zero attached hydrogens (tertiary/aromatic N) is 1. The minimum atomic E-state index is -2.63. The van der Waals surface area contributed by atoms with E-state index in [-0.39, 0.29) is 0 Å². The molecule has 1 unspecified atom stereocenters. The monoisotopic (exact) mass is 507 g/mol. The summed E-state index contributed by atoms with van der Waals surface area (Å²) in [6, 6.07) is 42.0. The molecule has 0 saturated heterocycles. The molecule has 2 heterocycles. The summed E-state index contributed by atoms with van der Waals surface area (Å²) >= 11 is 0. The second kappa shape index (κ2) is 8.57. The molecule has 1 aliphatic heterocycles. The molecule has 1 atom stereocenters. The van der Waals surface area contributed by atoms with Crippen molar-refractivity contribution in [3.63, 3.8) is 0 Å². The van der Waals surface area contributed by atoms with Gasteiger partial charge in [-0.15, -0.1) is 0 Å². The summed E-state index contributed by atoms with van der Waals surface area (Å²) in [4.78, 5) is 0. The van der Waals surface area contributed by atoms with Gasteiger partial charge in [-0.05, 0) is 76.8 Å². The summed E-state index contributed by atoms with van der Waals surface area (Å²) < 4.78 is 2.58. The number of benzene rings is 5. The normalized spacial score (nSPS) is 14.5. The number of hydrogen-bond acceptors (Lipinski definition) is 0. The van der Waals surface area contributed by atoms with E-state index in [0.29, 0.717) is 5.92 Å². The molecular weight excluding hydrogens is 474 g/mol. The molecule has 7 rings (SSSR count). The van der Waals surface area contributed by atoms with Gasteiger partial charge < -0.3 is 4.57 Å². The SMILES string of the molecule is CCC(C)c1ccc2c(c1)[Si](c1ccccc1)(c1ccccc1)c1cc(C)cc3c4cc(C)ccc4n-2c13. The number of aromatic nitrogens is 1. The van der Waals surface area contributed by atoms with Crippen LogP contribution >= 0.6 is 0 Å². The third-order valence-electron chi connectivity index (χ3n) is 8.83. The van der Waals surface area contributed by atoms with Gasteiger partial charge in [-0.2, -0.15) is 0 Å². The van der Waals surface area contributed by atoms with Gasteiger partial charge >= 0.3 is 0 Å². The van der Waals surface area contributed by atoms with Crippen LogP contribution in [0.15, 0.2) is 109 Å². The Hall–Kier alpha value is -3.88. The number of aryl methyl sites for hydroxylation is 2. The van der Waals surface area contributed by atoms with Gasteiger partial charge in [-0.25, -0.2) is 0 Å². The van der Waals surface area contributed by atoms with Crippen LogP contribution in [-0.4, -0.2) is 12.6 Å². The van der Waals surface area contributed by atoms with Gasteiger partial charge in [0.05, 0.1) is 11.0 Å². The van der Waals surface area contributed by atoms with Gasteiger partial charge in [0, 0.05) is 16.5 Å². The molecule has 0 fully saturated rings. The second-order valence-electron chi connectivity index (χ2n) is 11.1. The second-order valence-corrected chi connectivity index (χ2v) is 14.9. The van der Waals surface area contributed by atoms with Gasteiger partial charge in [0.1, 0.15) is 0 Å². The van der Waals surface area contributed by atoms with E-state index in [2.05, 4.69) is 141 Å². The molecule has 6 aromatic rings. The molecule has 0 amide bonds. The molecule has 1 nitrogen and oxygen atoms in total. The van der Waals surface area contributed by atoms with Gasteiger partial charge in [0.2, 0.25) is 0 Å². The predicted octanol–water partition coefficient (Wildman–Crippen LogP) is 6.60. The molecule has 1 aliphatic rings. The van der Waals surface area contributed by atoms with Crippen LogP contribution in [0.3, 0.4) is 0 Å². The fourth-order valence-electron chi connectivity index (χ4n) is 6.84. The Bertz CT molecular complexity index is 1790. The molecule has 38 heavy (non-hydrogen) atoms. The molecule has 0 N–H and O–H groups in total. The standard InChI is InChI=1S/C36H33NSi/c1-5-26(4)27-17-19-33-34(23-27)38(28-12-8-6-9-13-28,29-14-10-7-11-15-29)35-22-25(3)21-31-30-20-24(2)16-18-32(30)37(33)36(31)35/h6-23,26H,5H2,1-4H3. The maximum atomic E-state index is 2.58. The summed E-state index contributed by atoms with van der Waals surface area (Å²) in [5.74, 6) is 0.515. The molecule has 5 aromatic carbocycles. The Morgan fingerprint density at radius 3 is 1.97 bits per heavy atom. The van der Waals surface area contributed by atoms with E-state index in [4.69, 9.17) is 0 Å². The van der Waals surface area contributed by atoms with Crippen molar-refractivity contribution < 1.29 is 0 Å². The first-order valence-corrected chi connectivity index (χ1v) is 15.9. The van der Waals surface area contributed by atoms with Crippen LogP contribution < -0.4 is 20.7 Å². The highest BCUT2D eigenvalue weighted by molar-refractivity contribution is 7.21. The molecule has 0 radical (unpaired) electrons. The molecule has 0 aliphatic carbocycles. The third kappa shape index (κ3) is 3.10. The highest BCUT2D eigenvalue weighted by Gasteiger charge is 2.48. The predicted molar refractivity (Wildman–Crippen MR) is 166 cm³/mol. The van der Waals surface area contributed by atoms with Crippen molar-refractivity contribution in [2.75, 3.05) is 0 Å². The quantitative estimate of drug-likeness (QED) is 0.236. The summed E-state index contributed by atoms with van der Waals surface area (Å²) in [5.41, 5.74) is 8.11. The third-order valence-corrected chi connectivity index (χ3v) is 13.6. The van der Waals surface area contributed by atoms with Crippen molar-refractivity contribution in [3.8, 4) is 5.69 Å². The number of hydrogen-bond donors (Lipinski definition) is 0. The Morgan fingerprint density at radius 1 is 0.658 bits per heavy atom. The maximum absolute atomic E-state index is 2.63. The van der Waals surface area contributed by atoms with E-state index in [9.17, 15) is 0 Å². The van der Waals surface area contributed by atoms with E-state index < -0.39 is 8.07 Å². The van der Waals surface area contributed by atoms with Gasteiger partial charge in [-0.1, -0.05) is 110 Å². The average Bonchev–Trinajstić information content (AvgIpc) is 3.27. The molecule has 186 valence electrons. The van der Waals surface area contributed by atoms with Crippen LogP contribution in [-0.2, 0) is 0 Å². The first kappa shape index (κ1) is 23.2. The number of rotatable bonds is 4. The van der Waals surface area contributed by atoms with E-state index in [0.717, 1.165) is 6.42 Å². The minimum absolute atomic E-state index is 0.515. The van der Waals surface area contributed by atoms with Crippen LogP contribution in [0.2, 0.25) is 0 Å². The zero-order valence-corrected chi connectivity index (χ0v) is 23.6. The molecule has 0 bridgehead atoms. The zero-order chi connectivity index (χ0) is 26.0. The first-order chi connectivity index (χ1) is 18.5. The topological polar surface area (TPSA) is 4.93 Å². The van der Waals surface area contributed by atoms with Crippen LogP contribution in [0.4, 0.5) is 0 Å². The van der Waals surface area contributed by atoms with Crippen molar-refractivity contribution >= 4 is 50.6 Å². The Balaban J connectivity index is 1.77. The lowest BCUT2D eigenvalue weighted by Gasteiger charge is -2.40. The summed E-state index contributed by atoms with van der Waals surface area (Å²) in [6.45, 7) is 9.14. The summed E-state index contributed by atoms with van der Waals surface area (Å²) in [7, 11) is -2.63. The average molecular weight is 508 g/mol. The molecule has 2 heteroatoms. The van der Waals surface area contributed by atoms with E-state index in [1.165, 1.54) is 64.9 Å². The summed E-state index contributed by atoms with van der Waals surface area (Å²) in [6.07, 6.45) is 1.13. The van der Waals surface area contributed by atoms with Gasteiger partial charge in [0.15, 0.2) is 8.07 Å². The lowest BCUT2D eigenvalue weighted by atomic mass is 9.98. The Labute approximate surface area is 226 Å². The fourth-order valence-corrected chi connectivity index (χ4v) is 12.1. The van der Waals surface area contributed by atoms with Gasteiger partial charge in [-0.3, -0.25) is 0 Å². The fraction of sp³-hybridized carbons (Fsp3) is 0.167. The maximum Gasteiger partial charge on any atom is 0.184 e. The zero-order valence-electron chi connectivity index (χ0n) is 22.6. The lowest BCUT2D eigenvalue weighted by Crippen LogP contribution is -2.76. The Kier molecular flexibility index (Phi) is 5.25. The molecular formula is C36H33NSi. The highest BCUT2D eigenvalue weighted by Crippen LogP contribution is 2.37. The largest absolute Gasteiger partial charge is 0.309 e. The van der Waals surface area contributed by atoms with Crippen LogP contribution in [0.1, 0.15) is 42.9 Å². The van der Waals surface area contributed by atoms with Crippen LogP contribution in [0.25, 0.3) is 27.5 Å². The first-order valence-electron chi connectivity index (χ1n) is 13.9. The van der Waals surface area contributed by atoms with Crippen LogP contribution in [0.5, 0.6) is 0 Å². The van der Waals surface area contributed by atoms with Crippen LogP contribution in [0, 0.1) is 13.8 Å². The Morgan fingerprint density at radius 2 is 1.32 bits per heavy atom. The van der Waals surface area contributed by atoms with Crippen molar-refractivity contribution in [2.24, 2.45) is 0 Å². The summed E-state index contributed by atoms with van der Waals surface area (Å²) in [5, 5.41) is 8.64. The van der Waals surface area contributed by atoms with E-state index >= 15 is 0 Å². The van der Waals surface area contributed by atoms with Crippen molar-refractivity contribution in [2.45, 2.75) is 40.0 Å². The molecule has 0 saturated carbocycles. The smallest absolute Gasteiger partial charge is 0.184 e. The van der Waals surface area contributed by atoms with Crippen molar-refractivity contribution in [3.05, 3.63) is 126 Å². The molecule has 0 spiro atoms. The van der Waals surface area contributed by atoms with Gasteiger partial charge in [0.25, 0.3) is 0 Å². The van der Waals surface area contributed by atoms with E-state index in [1.54, 1.807) is 0 Å². The lowest BCUT2D eigenvalue weighted by molar-refractivity contribution is 0.734. The number of fused-ring (bicyclic) bond motifs is 5.